The molecule has 0 saturated heterocycles. The Morgan fingerprint density at radius 2 is 2.11 bits per heavy atom. The summed E-state index contributed by atoms with van der Waals surface area (Å²) >= 11 is 0. The first kappa shape index (κ1) is 11.7. The number of fused-ring (bicyclic) bond motifs is 1. The third kappa shape index (κ3) is 1.74. The molecule has 1 aliphatic rings. The number of rotatable bonds is 1. The molecule has 1 aromatic carbocycles. The van der Waals surface area contributed by atoms with Crippen molar-refractivity contribution >= 4 is 11.0 Å². The van der Waals surface area contributed by atoms with Crippen LogP contribution < -0.4 is 5.73 Å². The lowest BCUT2D eigenvalue weighted by molar-refractivity contribution is 0.145. The molecule has 1 heterocycles. The van der Waals surface area contributed by atoms with Crippen LogP contribution in [0.5, 0.6) is 0 Å². The van der Waals surface area contributed by atoms with E-state index in [0.29, 0.717) is 6.04 Å². The van der Waals surface area contributed by atoms with E-state index in [-0.39, 0.29) is 11.5 Å². The first-order valence-electron chi connectivity index (χ1n) is 6.77. The number of imidazole rings is 1. The van der Waals surface area contributed by atoms with Crippen LogP contribution in [0, 0.1) is 5.41 Å². The maximum Gasteiger partial charge on any atom is 0.0961 e. The Morgan fingerprint density at radius 3 is 2.94 bits per heavy atom. The van der Waals surface area contributed by atoms with Crippen LogP contribution in [0.3, 0.4) is 0 Å². The normalized spacial score (nSPS) is 27.5. The average Bonchev–Trinajstić information content (AvgIpc) is 2.76. The molecular formula is C15H21N3. The summed E-state index contributed by atoms with van der Waals surface area (Å²) in [7, 11) is 0. The number of hydrogen-bond acceptors (Lipinski definition) is 2. The predicted molar refractivity (Wildman–Crippen MR) is 74.4 cm³/mol. The van der Waals surface area contributed by atoms with Crippen molar-refractivity contribution < 1.29 is 0 Å². The van der Waals surface area contributed by atoms with Crippen LogP contribution in [-0.4, -0.2) is 15.6 Å². The molecule has 1 saturated carbocycles. The second-order valence-electron chi connectivity index (χ2n) is 6.11. The summed E-state index contributed by atoms with van der Waals surface area (Å²) in [4.78, 5) is 4.48. The number of nitrogens with two attached hydrogens (primary N) is 1. The standard InChI is InChI=1S/C15H21N3/c1-15(2)9-5-8-13(14(15)16)18-10-17-11-6-3-4-7-12(11)18/h3-4,6-7,10,13-14H,5,8-9,16H2,1-2H3. The topological polar surface area (TPSA) is 43.8 Å². The van der Waals surface area contributed by atoms with Gasteiger partial charge in [-0.15, -0.1) is 0 Å². The Kier molecular flexibility index (Phi) is 2.67. The van der Waals surface area contributed by atoms with Gasteiger partial charge in [-0.2, -0.15) is 0 Å². The Labute approximate surface area is 108 Å². The fourth-order valence-corrected chi connectivity index (χ4v) is 3.19. The molecule has 2 N–H and O–H groups in total. The average molecular weight is 243 g/mol. The van der Waals surface area contributed by atoms with E-state index in [1.54, 1.807) is 0 Å². The van der Waals surface area contributed by atoms with Crippen molar-refractivity contribution in [2.45, 2.75) is 45.2 Å². The molecule has 0 aliphatic heterocycles. The molecule has 3 rings (SSSR count). The molecular weight excluding hydrogens is 222 g/mol. The highest BCUT2D eigenvalue weighted by Crippen LogP contribution is 2.40. The van der Waals surface area contributed by atoms with E-state index in [9.17, 15) is 0 Å². The van der Waals surface area contributed by atoms with Crippen molar-refractivity contribution in [1.29, 1.82) is 0 Å². The zero-order valence-electron chi connectivity index (χ0n) is 11.1. The number of aromatic nitrogens is 2. The van der Waals surface area contributed by atoms with Gasteiger partial charge in [0.25, 0.3) is 0 Å². The lowest BCUT2D eigenvalue weighted by Crippen LogP contribution is -2.47. The van der Waals surface area contributed by atoms with Gasteiger partial charge >= 0.3 is 0 Å². The molecule has 2 atom stereocenters. The summed E-state index contributed by atoms with van der Waals surface area (Å²) in [6.45, 7) is 4.56. The highest BCUT2D eigenvalue weighted by Gasteiger charge is 2.37. The fourth-order valence-electron chi connectivity index (χ4n) is 3.19. The molecule has 1 aromatic heterocycles. The summed E-state index contributed by atoms with van der Waals surface area (Å²) < 4.78 is 2.28. The van der Waals surface area contributed by atoms with Crippen LogP contribution in [0.2, 0.25) is 0 Å². The number of hydrogen-bond donors (Lipinski definition) is 1. The van der Waals surface area contributed by atoms with Crippen molar-refractivity contribution in [3.63, 3.8) is 0 Å². The minimum Gasteiger partial charge on any atom is -0.326 e. The minimum absolute atomic E-state index is 0.198. The summed E-state index contributed by atoms with van der Waals surface area (Å²) in [6, 6.07) is 8.87. The molecule has 1 fully saturated rings. The zero-order chi connectivity index (χ0) is 12.8. The van der Waals surface area contributed by atoms with E-state index in [4.69, 9.17) is 5.73 Å². The zero-order valence-corrected chi connectivity index (χ0v) is 11.1. The van der Waals surface area contributed by atoms with Gasteiger partial charge in [-0.3, -0.25) is 0 Å². The third-order valence-electron chi connectivity index (χ3n) is 4.48. The first-order chi connectivity index (χ1) is 8.59. The highest BCUT2D eigenvalue weighted by atomic mass is 15.1. The molecule has 0 amide bonds. The van der Waals surface area contributed by atoms with Crippen LogP contribution >= 0.6 is 0 Å². The lowest BCUT2D eigenvalue weighted by Gasteiger charge is -2.42. The number of nitrogens with zero attached hydrogens (tertiary/aromatic N) is 2. The second kappa shape index (κ2) is 4.09. The van der Waals surface area contributed by atoms with Gasteiger partial charge in [0.05, 0.1) is 23.4 Å². The third-order valence-corrected chi connectivity index (χ3v) is 4.48. The van der Waals surface area contributed by atoms with E-state index >= 15 is 0 Å². The van der Waals surface area contributed by atoms with Gasteiger partial charge in [0.15, 0.2) is 0 Å². The fraction of sp³-hybridized carbons (Fsp3) is 0.533. The summed E-state index contributed by atoms with van der Waals surface area (Å²) in [6.07, 6.45) is 5.58. The maximum absolute atomic E-state index is 6.49. The monoisotopic (exact) mass is 243 g/mol. The van der Waals surface area contributed by atoms with Crippen LogP contribution in [-0.2, 0) is 0 Å². The van der Waals surface area contributed by atoms with Crippen molar-refractivity contribution in [1.82, 2.24) is 9.55 Å². The Morgan fingerprint density at radius 1 is 1.33 bits per heavy atom. The van der Waals surface area contributed by atoms with Gasteiger partial charge in [-0.1, -0.05) is 32.4 Å². The molecule has 18 heavy (non-hydrogen) atoms. The lowest BCUT2D eigenvalue weighted by atomic mass is 9.71. The second-order valence-corrected chi connectivity index (χ2v) is 6.11. The van der Waals surface area contributed by atoms with E-state index in [2.05, 4.69) is 41.6 Å². The Balaban J connectivity index is 2.04. The minimum atomic E-state index is 0.198. The van der Waals surface area contributed by atoms with E-state index < -0.39 is 0 Å². The van der Waals surface area contributed by atoms with Gasteiger partial charge in [-0.05, 0) is 30.4 Å². The van der Waals surface area contributed by atoms with Gasteiger partial charge in [0.1, 0.15) is 0 Å². The Hall–Kier alpha value is -1.35. The summed E-state index contributed by atoms with van der Waals surface area (Å²) in [5, 5.41) is 0. The van der Waals surface area contributed by atoms with E-state index in [0.717, 1.165) is 11.9 Å². The van der Waals surface area contributed by atoms with E-state index in [1.807, 2.05) is 12.4 Å². The maximum atomic E-state index is 6.49. The van der Waals surface area contributed by atoms with Gasteiger partial charge < -0.3 is 10.3 Å². The quantitative estimate of drug-likeness (QED) is 0.836. The van der Waals surface area contributed by atoms with Crippen LogP contribution in [0.25, 0.3) is 11.0 Å². The smallest absolute Gasteiger partial charge is 0.0961 e. The van der Waals surface area contributed by atoms with E-state index in [1.165, 1.54) is 18.4 Å². The largest absolute Gasteiger partial charge is 0.326 e. The van der Waals surface area contributed by atoms with Crippen molar-refractivity contribution in [3.8, 4) is 0 Å². The predicted octanol–water partition coefficient (Wildman–Crippen LogP) is 3.11. The molecule has 0 spiro atoms. The van der Waals surface area contributed by atoms with Gasteiger partial charge in [-0.25, -0.2) is 4.98 Å². The summed E-state index contributed by atoms with van der Waals surface area (Å²) in [5.41, 5.74) is 8.97. The molecule has 2 aromatic rings. The van der Waals surface area contributed by atoms with Gasteiger partial charge in [0.2, 0.25) is 0 Å². The van der Waals surface area contributed by atoms with Crippen molar-refractivity contribution in [2.24, 2.45) is 11.1 Å². The number of benzene rings is 1. The number of para-hydroxylation sites is 2. The molecule has 3 heteroatoms. The van der Waals surface area contributed by atoms with Crippen molar-refractivity contribution in [2.75, 3.05) is 0 Å². The van der Waals surface area contributed by atoms with Crippen LogP contribution in [0.15, 0.2) is 30.6 Å². The van der Waals surface area contributed by atoms with Crippen LogP contribution in [0.1, 0.15) is 39.2 Å². The SMILES string of the molecule is CC1(C)CCCC(n2cnc3ccccc32)C1N. The molecule has 3 nitrogen and oxygen atoms in total. The molecule has 1 aliphatic carbocycles. The van der Waals surface area contributed by atoms with Crippen molar-refractivity contribution in [3.05, 3.63) is 30.6 Å². The first-order valence-corrected chi connectivity index (χ1v) is 6.77. The highest BCUT2D eigenvalue weighted by molar-refractivity contribution is 5.75. The Bertz CT molecular complexity index is 556. The van der Waals surface area contributed by atoms with Gasteiger partial charge in [0, 0.05) is 6.04 Å². The van der Waals surface area contributed by atoms with Crippen LogP contribution in [0.4, 0.5) is 0 Å². The molecule has 2 unspecified atom stereocenters. The molecule has 96 valence electrons. The molecule has 0 bridgehead atoms. The summed E-state index contributed by atoms with van der Waals surface area (Å²) in [5.74, 6) is 0. The molecule has 0 radical (unpaired) electrons.